The van der Waals surface area contributed by atoms with Gasteiger partial charge in [-0.1, -0.05) is 48.5 Å². The van der Waals surface area contributed by atoms with Gasteiger partial charge in [-0.05, 0) is 85.1 Å². The Hall–Kier alpha value is -5.11. The number of benzene rings is 3. The first-order valence-electron chi connectivity index (χ1n) is 17.2. The molecule has 0 saturated heterocycles. The summed E-state index contributed by atoms with van der Waals surface area (Å²) in [5.41, 5.74) is 5.88. The molecule has 52 heavy (non-hydrogen) atoms. The number of halogens is 3. The molecule has 3 aromatic carbocycles. The lowest BCUT2D eigenvalue weighted by atomic mass is 9.87. The number of amides is 2. The Bertz CT molecular complexity index is 1770. The van der Waals surface area contributed by atoms with Crippen molar-refractivity contribution in [2.24, 2.45) is 5.92 Å². The predicted octanol–water partition coefficient (Wildman–Crippen LogP) is 6.60. The van der Waals surface area contributed by atoms with E-state index in [4.69, 9.17) is 14.2 Å². The Kier molecular flexibility index (Phi) is 13.1. The molecule has 1 fully saturated rings. The van der Waals surface area contributed by atoms with Gasteiger partial charge in [-0.2, -0.15) is 4.39 Å². The Labute approximate surface area is 300 Å². The molecule has 0 spiro atoms. The van der Waals surface area contributed by atoms with Crippen molar-refractivity contribution in [3.63, 3.8) is 0 Å². The van der Waals surface area contributed by atoms with Gasteiger partial charge < -0.3 is 28.8 Å². The monoisotopic (exact) mass is 725 g/mol. The minimum atomic E-state index is -1.36. The molecular formula is C38H42F3N3O8. The fourth-order valence-corrected chi connectivity index (χ4v) is 6.07. The van der Waals surface area contributed by atoms with Gasteiger partial charge in [0.05, 0.1) is 25.7 Å². The first kappa shape index (κ1) is 38.1. The summed E-state index contributed by atoms with van der Waals surface area (Å²) in [4.78, 5) is 45.5. The van der Waals surface area contributed by atoms with Crippen LogP contribution in [0.4, 0.5) is 18.0 Å². The topological polar surface area (TPSA) is 121 Å². The molecule has 1 atom stereocenters. The van der Waals surface area contributed by atoms with Crippen molar-refractivity contribution in [2.75, 3.05) is 46.1 Å². The van der Waals surface area contributed by atoms with Gasteiger partial charge in [-0.25, -0.2) is 13.6 Å². The van der Waals surface area contributed by atoms with Gasteiger partial charge in [0.1, 0.15) is 13.2 Å². The Balaban J connectivity index is 1.27. The second-order valence-electron chi connectivity index (χ2n) is 12.8. The number of hydrogen-bond donors (Lipinski definition) is 0. The summed E-state index contributed by atoms with van der Waals surface area (Å²) in [5.74, 6) is -5.00. The highest BCUT2D eigenvalue weighted by atomic mass is 19.2. The van der Waals surface area contributed by atoms with Crippen molar-refractivity contribution in [3.8, 4) is 5.75 Å². The maximum atomic E-state index is 14.5. The average molecular weight is 726 g/mol. The SMILES string of the molecule is Cc1cccc(CN(C(=O)C2CN(C(=O)OCCOCCO[N+](=O)[O-])CC=C2c2ccc(CCCOc3c(F)ccc(F)c3F)cc2)C2CC2)c1C. The normalized spacial score (nSPS) is 15.5. The zero-order valence-corrected chi connectivity index (χ0v) is 29.2. The molecule has 1 aliphatic heterocycles. The van der Waals surface area contributed by atoms with Crippen LogP contribution >= 0.6 is 0 Å². The molecular weight excluding hydrogens is 683 g/mol. The van der Waals surface area contributed by atoms with E-state index in [9.17, 15) is 32.9 Å². The van der Waals surface area contributed by atoms with E-state index in [1.807, 2.05) is 60.4 Å². The van der Waals surface area contributed by atoms with Crippen molar-refractivity contribution >= 4 is 17.6 Å². The van der Waals surface area contributed by atoms with Gasteiger partial charge in [-0.15, -0.1) is 10.1 Å². The van der Waals surface area contributed by atoms with Crippen LogP contribution in [0.15, 0.2) is 60.7 Å². The maximum absolute atomic E-state index is 14.5. The summed E-state index contributed by atoms with van der Waals surface area (Å²) < 4.78 is 57.1. The summed E-state index contributed by atoms with van der Waals surface area (Å²) in [6, 6.07) is 15.3. The summed E-state index contributed by atoms with van der Waals surface area (Å²) in [6.07, 6.45) is 4.00. The van der Waals surface area contributed by atoms with Crippen molar-refractivity contribution < 1.29 is 46.9 Å². The Morgan fingerprint density at radius 3 is 2.40 bits per heavy atom. The molecule has 5 rings (SSSR count). The lowest BCUT2D eigenvalue weighted by molar-refractivity contribution is -0.758. The van der Waals surface area contributed by atoms with Gasteiger partial charge in [0, 0.05) is 25.7 Å². The van der Waals surface area contributed by atoms with Crippen LogP contribution in [0.2, 0.25) is 0 Å². The maximum Gasteiger partial charge on any atom is 0.410 e. The molecule has 2 amide bonds. The predicted molar refractivity (Wildman–Crippen MR) is 184 cm³/mol. The number of rotatable bonds is 17. The van der Waals surface area contributed by atoms with Crippen molar-refractivity contribution in [3.05, 3.63) is 116 Å². The molecule has 0 N–H and O–H groups in total. The molecule has 0 radical (unpaired) electrons. The van der Waals surface area contributed by atoms with Crippen molar-refractivity contribution in [1.82, 2.24) is 9.80 Å². The van der Waals surface area contributed by atoms with Crippen LogP contribution in [-0.4, -0.2) is 79.1 Å². The quantitative estimate of drug-likeness (QED) is 0.0661. The fraction of sp³-hybridized carbons (Fsp3) is 0.421. The lowest BCUT2D eigenvalue weighted by Gasteiger charge is -2.35. The van der Waals surface area contributed by atoms with E-state index in [0.29, 0.717) is 25.5 Å². The smallest absolute Gasteiger partial charge is 0.410 e. The summed E-state index contributed by atoms with van der Waals surface area (Å²) in [6.45, 7) is 4.50. The van der Waals surface area contributed by atoms with Crippen LogP contribution in [0.1, 0.15) is 47.1 Å². The van der Waals surface area contributed by atoms with Crippen LogP contribution in [0.25, 0.3) is 5.57 Å². The third kappa shape index (κ3) is 10.0. The van der Waals surface area contributed by atoms with Gasteiger partial charge >= 0.3 is 6.09 Å². The second kappa shape index (κ2) is 17.9. The second-order valence-corrected chi connectivity index (χ2v) is 12.8. The zero-order chi connectivity index (χ0) is 37.2. The highest BCUT2D eigenvalue weighted by Crippen LogP contribution is 2.36. The van der Waals surface area contributed by atoms with E-state index in [1.54, 1.807) is 0 Å². The molecule has 14 heteroatoms. The third-order valence-electron chi connectivity index (χ3n) is 9.22. The minimum absolute atomic E-state index is 0.0203. The van der Waals surface area contributed by atoms with Gasteiger partial charge in [-0.3, -0.25) is 4.79 Å². The van der Waals surface area contributed by atoms with E-state index in [-0.39, 0.29) is 58.1 Å². The molecule has 0 bridgehead atoms. The van der Waals surface area contributed by atoms with Crippen LogP contribution in [0.3, 0.4) is 0 Å². The van der Waals surface area contributed by atoms with Crippen LogP contribution in [0, 0.1) is 47.3 Å². The first-order chi connectivity index (χ1) is 25.0. The van der Waals surface area contributed by atoms with Crippen molar-refractivity contribution in [2.45, 2.75) is 52.1 Å². The number of nitrogens with zero attached hydrogens (tertiary/aromatic N) is 3. The van der Waals surface area contributed by atoms with E-state index < -0.39 is 40.3 Å². The van der Waals surface area contributed by atoms with E-state index in [2.05, 4.69) is 11.8 Å². The molecule has 278 valence electrons. The molecule has 11 nitrogen and oxygen atoms in total. The van der Waals surface area contributed by atoms with Crippen LogP contribution in [-0.2, 0) is 32.1 Å². The lowest BCUT2D eigenvalue weighted by Crippen LogP contribution is -2.47. The number of carbonyl (C=O) groups excluding carboxylic acids is 2. The largest absolute Gasteiger partial charge is 0.488 e. The molecule has 0 aromatic heterocycles. The van der Waals surface area contributed by atoms with E-state index in [0.717, 1.165) is 52.3 Å². The van der Waals surface area contributed by atoms with Gasteiger partial charge in [0.15, 0.2) is 17.4 Å². The van der Waals surface area contributed by atoms with E-state index in [1.165, 1.54) is 4.90 Å². The Morgan fingerprint density at radius 2 is 1.67 bits per heavy atom. The highest BCUT2D eigenvalue weighted by Gasteiger charge is 2.40. The molecule has 1 aliphatic carbocycles. The molecule has 3 aromatic rings. The van der Waals surface area contributed by atoms with E-state index >= 15 is 0 Å². The standard InChI is InChI=1S/C38H42F3N3O8/c1-25-5-3-7-29(26(25)2)23-43(30-12-13-30)37(45)32-24-42(38(46)51-21-19-49-20-22-52-44(47)48)17-16-31(32)28-10-8-27(9-11-28)6-4-18-50-36-34(40)15-14-33(39)35(36)41/h3,5,7-11,14-16,30,32H,4,6,12-13,17-24H2,1-2H3. The van der Waals surface area contributed by atoms with Crippen molar-refractivity contribution in [1.29, 1.82) is 0 Å². The zero-order valence-electron chi connectivity index (χ0n) is 29.2. The van der Waals surface area contributed by atoms with Crippen LogP contribution in [0.5, 0.6) is 5.75 Å². The molecule has 1 heterocycles. The molecule has 1 unspecified atom stereocenters. The highest BCUT2D eigenvalue weighted by molar-refractivity contribution is 5.94. The van der Waals surface area contributed by atoms with Gasteiger partial charge in [0.25, 0.3) is 5.09 Å². The van der Waals surface area contributed by atoms with Gasteiger partial charge in [0.2, 0.25) is 11.7 Å². The third-order valence-corrected chi connectivity index (χ3v) is 9.22. The Morgan fingerprint density at radius 1 is 0.942 bits per heavy atom. The fourth-order valence-electron chi connectivity index (χ4n) is 6.07. The molecule has 2 aliphatic rings. The summed E-state index contributed by atoms with van der Waals surface area (Å²) in [5, 5.41) is 9.35. The number of hydrogen-bond acceptors (Lipinski definition) is 8. The summed E-state index contributed by atoms with van der Waals surface area (Å²) >= 11 is 0. The minimum Gasteiger partial charge on any atom is -0.488 e. The average Bonchev–Trinajstić information content (AvgIpc) is 3.98. The number of carbonyl (C=O) groups is 2. The van der Waals surface area contributed by atoms with Crippen LogP contribution < -0.4 is 4.74 Å². The number of ether oxygens (including phenoxy) is 3. The first-order valence-corrected chi connectivity index (χ1v) is 17.2. The number of aryl methyl sites for hydroxylation is 2. The summed E-state index contributed by atoms with van der Waals surface area (Å²) in [7, 11) is 0. The molecule has 1 saturated carbocycles.